The average molecular weight is 333 g/mol. The fourth-order valence-electron chi connectivity index (χ4n) is 4.34. The van der Waals surface area contributed by atoms with Gasteiger partial charge in [0.25, 0.3) is 5.91 Å². The molecule has 0 radical (unpaired) electrons. The van der Waals surface area contributed by atoms with E-state index < -0.39 is 0 Å². The average Bonchev–Trinajstić information content (AvgIpc) is 2.98. The molecule has 6 nitrogen and oxygen atoms in total. The predicted molar refractivity (Wildman–Crippen MR) is 88.7 cm³/mol. The van der Waals surface area contributed by atoms with Gasteiger partial charge in [-0.3, -0.25) is 4.79 Å². The van der Waals surface area contributed by atoms with Gasteiger partial charge in [-0.1, -0.05) is 5.16 Å². The van der Waals surface area contributed by atoms with E-state index in [9.17, 15) is 4.79 Å². The summed E-state index contributed by atoms with van der Waals surface area (Å²) in [4.78, 5) is 17.0. The van der Waals surface area contributed by atoms with Gasteiger partial charge in [0.1, 0.15) is 0 Å². The summed E-state index contributed by atoms with van der Waals surface area (Å²) in [7, 11) is 2.17. The van der Waals surface area contributed by atoms with Crippen molar-refractivity contribution in [1.82, 2.24) is 15.0 Å². The lowest BCUT2D eigenvalue weighted by molar-refractivity contribution is 0.0520. The predicted octanol–water partition coefficient (Wildman–Crippen LogP) is 1.80. The van der Waals surface area contributed by atoms with E-state index in [0.717, 1.165) is 57.4 Å². The Morgan fingerprint density at radius 1 is 1.42 bits per heavy atom. The highest BCUT2D eigenvalue weighted by Crippen LogP contribution is 2.44. The molecule has 1 aromatic rings. The third-order valence-corrected chi connectivity index (χ3v) is 5.86. The molecule has 2 atom stereocenters. The fourth-order valence-corrected chi connectivity index (χ4v) is 4.34. The molecule has 0 aromatic carbocycles. The van der Waals surface area contributed by atoms with E-state index >= 15 is 0 Å². The van der Waals surface area contributed by atoms with Gasteiger partial charge in [-0.25, -0.2) is 0 Å². The van der Waals surface area contributed by atoms with E-state index in [0.29, 0.717) is 11.7 Å². The number of carbonyl (C=O) groups is 1. The van der Waals surface area contributed by atoms with Crippen molar-refractivity contribution in [2.75, 3.05) is 46.4 Å². The largest absolute Gasteiger partial charge is 0.381 e. The van der Waals surface area contributed by atoms with Crippen molar-refractivity contribution in [3.63, 3.8) is 0 Å². The van der Waals surface area contributed by atoms with E-state index in [-0.39, 0.29) is 11.3 Å². The van der Waals surface area contributed by atoms with Crippen molar-refractivity contribution >= 4 is 5.91 Å². The summed E-state index contributed by atoms with van der Waals surface area (Å²) >= 11 is 0. The summed E-state index contributed by atoms with van der Waals surface area (Å²) in [6.07, 6.45) is 3.71. The van der Waals surface area contributed by atoms with Crippen molar-refractivity contribution in [2.45, 2.75) is 26.2 Å². The molecule has 0 N–H and O–H groups in total. The monoisotopic (exact) mass is 333 g/mol. The second kappa shape index (κ2) is 6.15. The van der Waals surface area contributed by atoms with Crippen LogP contribution >= 0.6 is 0 Å². The summed E-state index contributed by atoms with van der Waals surface area (Å²) in [6.45, 7) is 7.28. The summed E-state index contributed by atoms with van der Waals surface area (Å²) in [5.41, 5.74) is 0.919. The molecular formula is C18H27N3O3. The van der Waals surface area contributed by atoms with Crippen LogP contribution < -0.4 is 0 Å². The number of nitrogens with zero attached hydrogens (tertiary/aromatic N) is 3. The first-order valence-electron chi connectivity index (χ1n) is 9.05. The lowest BCUT2D eigenvalue weighted by Gasteiger charge is -2.30. The van der Waals surface area contributed by atoms with Gasteiger partial charge in [-0.15, -0.1) is 0 Å². The Morgan fingerprint density at radius 3 is 2.96 bits per heavy atom. The van der Waals surface area contributed by atoms with Crippen molar-refractivity contribution in [2.24, 2.45) is 17.3 Å². The van der Waals surface area contributed by atoms with Crippen LogP contribution in [0.2, 0.25) is 0 Å². The Hall–Kier alpha value is -1.40. The van der Waals surface area contributed by atoms with Gasteiger partial charge >= 0.3 is 0 Å². The smallest absolute Gasteiger partial charge is 0.292 e. The van der Waals surface area contributed by atoms with Crippen LogP contribution in [0.15, 0.2) is 10.6 Å². The molecule has 1 saturated carbocycles. The lowest BCUT2D eigenvalue weighted by Crippen LogP contribution is -2.38. The second-order valence-corrected chi connectivity index (χ2v) is 8.05. The highest BCUT2D eigenvalue weighted by atomic mass is 16.5. The van der Waals surface area contributed by atoms with Crippen LogP contribution in [0.1, 0.15) is 35.5 Å². The topological polar surface area (TPSA) is 58.8 Å². The SMILES string of the molecule is Cc1cc(C(=O)N2CC[C@]3(CN(C)C[C@H]3COCC3CC3)C2)on1. The van der Waals surface area contributed by atoms with E-state index in [1.807, 2.05) is 11.8 Å². The maximum absolute atomic E-state index is 12.6. The van der Waals surface area contributed by atoms with Crippen LogP contribution in [0.25, 0.3) is 0 Å². The molecule has 1 aromatic heterocycles. The Morgan fingerprint density at radius 2 is 2.25 bits per heavy atom. The van der Waals surface area contributed by atoms with Crippen LogP contribution in [0.4, 0.5) is 0 Å². The van der Waals surface area contributed by atoms with Gasteiger partial charge in [-0.05, 0) is 39.2 Å². The van der Waals surface area contributed by atoms with Crippen LogP contribution in [0.5, 0.6) is 0 Å². The van der Waals surface area contributed by atoms with Crippen LogP contribution in [-0.2, 0) is 4.74 Å². The molecule has 1 aliphatic carbocycles. The van der Waals surface area contributed by atoms with Gasteiger partial charge in [0, 0.05) is 50.2 Å². The van der Waals surface area contributed by atoms with Crippen molar-refractivity contribution in [1.29, 1.82) is 0 Å². The Bertz CT molecular complexity index is 612. The van der Waals surface area contributed by atoms with Crippen LogP contribution in [0.3, 0.4) is 0 Å². The zero-order chi connectivity index (χ0) is 16.7. The van der Waals surface area contributed by atoms with Crippen molar-refractivity contribution < 1.29 is 14.1 Å². The van der Waals surface area contributed by atoms with E-state index in [2.05, 4.69) is 17.1 Å². The molecule has 0 unspecified atom stereocenters. The van der Waals surface area contributed by atoms with Crippen LogP contribution in [0, 0.1) is 24.2 Å². The number of amides is 1. The molecule has 132 valence electrons. The Kier molecular flexibility index (Phi) is 4.12. The van der Waals surface area contributed by atoms with Crippen LogP contribution in [-0.4, -0.2) is 67.3 Å². The minimum atomic E-state index is -0.0281. The normalized spacial score (nSPS) is 30.6. The molecule has 1 spiro atoms. The van der Waals surface area contributed by atoms with Gasteiger partial charge < -0.3 is 19.1 Å². The van der Waals surface area contributed by atoms with Crippen molar-refractivity contribution in [3.05, 3.63) is 17.5 Å². The number of hydrogen-bond acceptors (Lipinski definition) is 5. The molecular weight excluding hydrogens is 306 g/mol. The lowest BCUT2D eigenvalue weighted by atomic mass is 9.77. The second-order valence-electron chi connectivity index (χ2n) is 8.05. The molecule has 2 aliphatic heterocycles. The number of rotatable bonds is 5. The molecule has 6 heteroatoms. The van der Waals surface area contributed by atoms with Gasteiger partial charge in [-0.2, -0.15) is 0 Å². The molecule has 2 saturated heterocycles. The number of hydrogen-bond donors (Lipinski definition) is 0. The zero-order valence-electron chi connectivity index (χ0n) is 14.7. The zero-order valence-corrected chi connectivity index (χ0v) is 14.7. The molecule has 24 heavy (non-hydrogen) atoms. The van der Waals surface area contributed by atoms with E-state index in [1.54, 1.807) is 6.07 Å². The third-order valence-electron chi connectivity index (χ3n) is 5.86. The minimum Gasteiger partial charge on any atom is -0.381 e. The third kappa shape index (κ3) is 3.09. The van der Waals surface area contributed by atoms with Gasteiger partial charge in [0.2, 0.25) is 5.76 Å². The molecule has 1 amide bonds. The summed E-state index contributed by atoms with van der Waals surface area (Å²) < 4.78 is 11.2. The summed E-state index contributed by atoms with van der Waals surface area (Å²) in [5, 5.41) is 3.84. The minimum absolute atomic E-state index is 0.0281. The number of carbonyl (C=O) groups excluding carboxylic acids is 1. The number of ether oxygens (including phenoxy) is 1. The highest BCUT2D eigenvalue weighted by molar-refractivity contribution is 5.91. The van der Waals surface area contributed by atoms with E-state index in [1.165, 1.54) is 12.8 Å². The molecule has 4 rings (SSSR count). The van der Waals surface area contributed by atoms with Gasteiger partial charge in [0.05, 0.1) is 12.3 Å². The Balaban J connectivity index is 1.41. The maximum Gasteiger partial charge on any atom is 0.292 e. The standard InChI is InChI=1S/C18H27N3O3/c1-13-7-16(24-19-13)17(22)21-6-5-18(12-21)11-20(2)8-15(18)10-23-9-14-3-4-14/h7,14-15H,3-6,8-12H2,1-2H3/t15-,18-/m0/s1. The van der Waals surface area contributed by atoms with E-state index in [4.69, 9.17) is 9.26 Å². The first-order chi connectivity index (χ1) is 11.6. The Labute approximate surface area is 143 Å². The van der Waals surface area contributed by atoms with Crippen molar-refractivity contribution in [3.8, 4) is 0 Å². The quantitative estimate of drug-likeness (QED) is 0.822. The number of likely N-dealkylation sites (tertiary alicyclic amines) is 2. The molecule has 3 aliphatic rings. The molecule has 3 heterocycles. The maximum atomic E-state index is 12.6. The molecule has 0 bridgehead atoms. The van der Waals surface area contributed by atoms with Gasteiger partial charge in [0.15, 0.2) is 0 Å². The first kappa shape index (κ1) is 16.1. The first-order valence-corrected chi connectivity index (χ1v) is 9.05. The number of aromatic nitrogens is 1. The number of aryl methyl sites for hydroxylation is 1. The highest BCUT2D eigenvalue weighted by Gasteiger charge is 2.50. The summed E-state index contributed by atoms with van der Waals surface area (Å²) in [6, 6.07) is 1.73. The fraction of sp³-hybridized carbons (Fsp3) is 0.778. The summed E-state index contributed by atoms with van der Waals surface area (Å²) in [5.74, 6) is 1.64. The molecule has 3 fully saturated rings.